The van der Waals surface area contributed by atoms with E-state index >= 15 is 0 Å². The minimum Gasteiger partial charge on any atom is -0.289 e. The van der Waals surface area contributed by atoms with E-state index in [1.165, 1.54) is 17.7 Å². The Hall–Kier alpha value is -1.82. The first-order valence-corrected chi connectivity index (χ1v) is 8.02. The third-order valence-electron chi connectivity index (χ3n) is 4.29. The van der Waals surface area contributed by atoms with Crippen molar-refractivity contribution in [1.82, 2.24) is 25.1 Å². The average Bonchev–Trinajstić information content (AvgIpc) is 3.16. The van der Waals surface area contributed by atoms with E-state index in [1.807, 2.05) is 16.8 Å². The van der Waals surface area contributed by atoms with Crippen LogP contribution in [0.2, 0.25) is 0 Å². The molecule has 2 aromatic rings. The summed E-state index contributed by atoms with van der Waals surface area (Å²) in [6.45, 7) is 4.81. The standard InChI is InChI=1S/C16H22FN5/c1-2-3-11-22-16(18-19-20-22)12-21-10-4-5-15(21)13-6-8-14(17)9-7-13/h6-9,15H,2-5,10-12H2,1H3. The molecule has 0 aliphatic carbocycles. The van der Waals surface area contributed by atoms with Crippen LogP contribution in [0.15, 0.2) is 24.3 Å². The zero-order chi connectivity index (χ0) is 15.4. The van der Waals surface area contributed by atoms with E-state index in [0.717, 1.165) is 51.1 Å². The number of nitrogens with zero attached hydrogens (tertiary/aromatic N) is 5. The molecule has 1 aliphatic heterocycles. The molecule has 2 heterocycles. The Morgan fingerprint density at radius 3 is 2.86 bits per heavy atom. The molecular formula is C16H22FN5. The Bertz CT molecular complexity index is 595. The Morgan fingerprint density at radius 1 is 1.27 bits per heavy atom. The summed E-state index contributed by atoms with van der Waals surface area (Å²) in [6, 6.07) is 7.18. The average molecular weight is 303 g/mol. The number of hydrogen-bond acceptors (Lipinski definition) is 4. The van der Waals surface area contributed by atoms with Crippen molar-refractivity contribution in [3.8, 4) is 0 Å². The van der Waals surface area contributed by atoms with Gasteiger partial charge in [0.05, 0.1) is 6.54 Å². The second-order valence-electron chi connectivity index (χ2n) is 5.85. The number of benzene rings is 1. The van der Waals surface area contributed by atoms with Crippen LogP contribution in [0.4, 0.5) is 4.39 Å². The molecular weight excluding hydrogens is 281 g/mol. The molecule has 0 saturated carbocycles. The van der Waals surface area contributed by atoms with Crippen LogP contribution < -0.4 is 0 Å². The summed E-state index contributed by atoms with van der Waals surface area (Å²) in [5, 5.41) is 12.1. The van der Waals surface area contributed by atoms with Crippen molar-refractivity contribution < 1.29 is 4.39 Å². The molecule has 0 spiro atoms. The monoisotopic (exact) mass is 303 g/mol. The first kappa shape index (κ1) is 15.1. The number of aryl methyl sites for hydroxylation is 1. The maximum absolute atomic E-state index is 13.1. The molecule has 1 saturated heterocycles. The van der Waals surface area contributed by atoms with Crippen LogP contribution in [0, 0.1) is 5.82 Å². The van der Waals surface area contributed by atoms with Crippen LogP contribution >= 0.6 is 0 Å². The van der Waals surface area contributed by atoms with Gasteiger partial charge in [-0.05, 0) is 53.9 Å². The van der Waals surface area contributed by atoms with Crippen LogP contribution in [0.5, 0.6) is 0 Å². The van der Waals surface area contributed by atoms with Gasteiger partial charge in [-0.1, -0.05) is 25.5 Å². The third kappa shape index (κ3) is 3.32. The molecule has 1 fully saturated rings. The fourth-order valence-corrected chi connectivity index (χ4v) is 3.08. The lowest BCUT2D eigenvalue weighted by atomic mass is 10.0. The lowest BCUT2D eigenvalue weighted by molar-refractivity contribution is 0.236. The van der Waals surface area contributed by atoms with Gasteiger partial charge < -0.3 is 0 Å². The van der Waals surface area contributed by atoms with Crippen molar-refractivity contribution in [2.24, 2.45) is 0 Å². The molecule has 0 N–H and O–H groups in total. The summed E-state index contributed by atoms with van der Waals surface area (Å²) in [5.74, 6) is 0.735. The van der Waals surface area contributed by atoms with Crippen molar-refractivity contribution in [2.75, 3.05) is 6.54 Å². The molecule has 1 atom stereocenters. The van der Waals surface area contributed by atoms with E-state index in [4.69, 9.17) is 0 Å². The summed E-state index contributed by atoms with van der Waals surface area (Å²) in [6.07, 6.45) is 4.46. The van der Waals surface area contributed by atoms with Crippen molar-refractivity contribution in [3.63, 3.8) is 0 Å². The molecule has 1 unspecified atom stereocenters. The number of rotatable bonds is 6. The first-order valence-electron chi connectivity index (χ1n) is 8.02. The zero-order valence-corrected chi connectivity index (χ0v) is 13.0. The quantitative estimate of drug-likeness (QED) is 0.823. The van der Waals surface area contributed by atoms with Gasteiger partial charge in [-0.3, -0.25) is 4.90 Å². The Kier molecular flexibility index (Phi) is 4.77. The van der Waals surface area contributed by atoms with E-state index in [1.54, 1.807) is 0 Å². The van der Waals surface area contributed by atoms with Crippen LogP contribution in [-0.2, 0) is 13.1 Å². The van der Waals surface area contributed by atoms with E-state index in [0.29, 0.717) is 6.04 Å². The van der Waals surface area contributed by atoms with Gasteiger partial charge in [0, 0.05) is 12.6 Å². The first-order chi connectivity index (χ1) is 10.8. The van der Waals surface area contributed by atoms with E-state index < -0.39 is 0 Å². The lowest BCUT2D eigenvalue weighted by Crippen LogP contribution is -2.25. The molecule has 1 aliphatic rings. The molecule has 5 nitrogen and oxygen atoms in total. The highest BCUT2D eigenvalue weighted by Crippen LogP contribution is 2.32. The predicted molar refractivity (Wildman–Crippen MR) is 81.5 cm³/mol. The second-order valence-corrected chi connectivity index (χ2v) is 5.85. The summed E-state index contributed by atoms with van der Waals surface area (Å²) < 4.78 is 15.0. The molecule has 0 bridgehead atoms. The van der Waals surface area contributed by atoms with Gasteiger partial charge in [-0.2, -0.15) is 0 Å². The van der Waals surface area contributed by atoms with Crippen molar-refractivity contribution in [3.05, 3.63) is 41.5 Å². The maximum Gasteiger partial charge on any atom is 0.165 e. The molecule has 6 heteroatoms. The highest BCUT2D eigenvalue weighted by atomic mass is 19.1. The fraction of sp³-hybridized carbons (Fsp3) is 0.562. The molecule has 118 valence electrons. The SMILES string of the molecule is CCCCn1nnnc1CN1CCCC1c1ccc(F)cc1. The molecule has 0 amide bonds. The summed E-state index contributed by atoms with van der Waals surface area (Å²) in [5.41, 5.74) is 1.17. The van der Waals surface area contributed by atoms with E-state index in [-0.39, 0.29) is 5.82 Å². The second kappa shape index (κ2) is 6.96. The third-order valence-corrected chi connectivity index (χ3v) is 4.29. The van der Waals surface area contributed by atoms with Crippen LogP contribution in [0.25, 0.3) is 0 Å². The largest absolute Gasteiger partial charge is 0.289 e. The predicted octanol–water partition coefficient (Wildman–Crippen LogP) is 2.95. The smallest absolute Gasteiger partial charge is 0.165 e. The van der Waals surface area contributed by atoms with Gasteiger partial charge in [0.1, 0.15) is 5.82 Å². The number of hydrogen-bond donors (Lipinski definition) is 0. The molecule has 0 radical (unpaired) electrons. The molecule has 1 aromatic heterocycles. The van der Waals surface area contributed by atoms with Gasteiger partial charge in [-0.15, -0.1) is 5.10 Å². The minimum atomic E-state index is -0.184. The molecule has 22 heavy (non-hydrogen) atoms. The van der Waals surface area contributed by atoms with Crippen LogP contribution in [0.3, 0.4) is 0 Å². The van der Waals surface area contributed by atoms with Crippen molar-refractivity contribution >= 4 is 0 Å². The zero-order valence-electron chi connectivity index (χ0n) is 13.0. The van der Waals surface area contributed by atoms with Gasteiger partial charge in [0.15, 0.2) is 5.82 Å². The summed E-state index contributed by atoms with van der Waals surface area (Å²) in [4.78, 5) is 2.39. The van der Waals surface area contributed by atoms with Crippen molar-refractivity contribution in [1.29, 1.82) is 0 Å². The van der Waals surface area contributed by atoms with Gasteiger partial charge in [-0.25, -0.2) is 9.07 Å². The number of aromatic nitrogens is 4. The van der Waals surface area contributed by atoms with E-state index in [9.17, 15) is 4.39 Å². The Labute approximate surface area is 130 Å². The normalized spacial score (nSPS) is 18.9. The Morgan fingerprint density at radius 2 is 2.09 bits per heavy atom. The topological polar surface area (TPSA) is 46.8 Å². The summed E-state index contributed by atoms with van der Waals surface area (Å²) in [7, 11) is 0. The number of unbranched alkanes of at least 4 members (excludes halogenated alkanes) is 1. The van der Waals surface area contributed by atoms with Gasteiger partial charge in [0.25, 0.3) is 0 Å². The number of tetrazole rings is 1. The van der Waals surface area contributed by atoms with E-state index in [2.05, 4.69) is 27.3 Å². The van der Waals surface area contributed by atoms with Crippen LogP contribution in [0.1, 0.15) is 50.0 Å². The van der Waals surface area contributed by atoms with Crippen LogP contribution in [-0.4, -0.2) is 31.7 Å². The summed E-state index contributed by atoms with van der Waals surface area (Å²) >= 11 is 0. The lowest BCUT2D eigenvalue weighted by Gasteiger charge is -2.24. The molecule has 3 rings (SSSR count). The van der Waals surface area contributed by atoms with Gasteiger partial charge >= 0.3 is 0 Å². The molecule has 1 aromatic carbocycles. The fourth-order valence-electron chi connectivity index (χ4n) is 3.08. The highest BCUT2D eigenvalue weighted by Gasteiger charge is 2.27. The Balaban J connectivity index is 1.71. The van der Waals surface area contributed by atoms with Gasteiger partial charge in [0.2, 0.25) is 0 Å². The number of halogens is 1. The highest BCUT2D eigenvalue weighted by molar-refractivity contribution is 5.21. The minimum absolute atomic E-state index is 0.184. The van der Waals surface area contributed by atoms with Crippen molar-refractivity contribution in [2.45, 2.75) is 51.7 Å². The number of likely N-dealkylation sites (tertiary alicyclic amines) is 1. The maximum atomic E-state index is 13.1.